The largest absolute Gasteiger partial charge is 0.401 e. The van der Waals surface area contributed by atoms with Crippen LogP contribution in [0.4, 0.5) is 5.82 Å². The van der Waals surface area contributed by atoms with Crippen molar-refractivity contribution in [2.45, 2.75) is 24.6 Å². The molecule has 3 heterocycles. The molecule has 0 spiro atoms. The summed E-state index contributed by atoms with van der Waals surface area (Å²) in [5.41, 5.74) is 6.17. The quantitative estimate of drug-likeness (QED) is 0.468. The van der Waals surface area contributed by atoms with Crippen molar-refractivity contribution in [3.05, 3.63) is 11.6 Å². The lowest BCUT2D eigenvalue weighted by Gasteiger charge is -2.19. The molecule has 1 fully saturated rings. The van der Waals surface area contributed by atoms with Gasteiger partial charge in [0.1, 0.15) is 18.5 Å². The third-order valence-electron chi connectivity index (χ3n) is 3.10. The maximum Gasteiger partial charge on any atom is 0.226 e. The van der Waals surface area contributed by atoms with Gasteiger partial charge in [0.2, 0.25) is 11.4 Å². The van der Waals surface area contributed by atoms with E-state index in [9.17, 15) is 10.2 Å². The molecular weight excluding hydrogens is 306 g/mol. The number of imidazole rings is 1. The van der Waals surface area contributed by atoms with Crippen LogP contribution in [0, 0.1) is 0 Å². The van der Waals surface area contributed by atoms with Crippen molar-refractivity contribution < 1.29 is 24.9 Å². The molecule has 0 aromatic carbocycles. The Hall–Kier alpha value is -1.72. The topological polar surface area (TPSA) is 149 Å². The Bertz CT molecular complexity index is 667. The predicted molar refractivity (Wildman–Crippen MR) is 69.1 cm³/mol. The van der Waals surface area contributed by atoms with Crippen LogP contribution in [0.25, 0.3) is 11.2 Å². The maximum atomic E-state index is 9.92. The zero-order valence-electron chi connectivity index (χ0n) is 10.5. The van der Waals surface area contributed by atoms with Crippen molar-refractivity contribution in [2.24, 2.45) is 0 Å². The van der Waals surface area contributed by atoms with Gasteiger partial charge in [-0.15, -0.1) is 0 Å². The standard InChI is InChI=1S/C10H12ClN5O5/c11-10-14-7(12)4-8(15-10)13-2-16(4)21-6-5(18)3(1-17)20-9(6)19/h2-3,5-6,9,17-19H,1H2,(H2,12,14,15)/t3-,5-,6+,9-/m1/s1. The Morgan fingerprint density at radius 3 is 2.86 bits per heavy atom. The molecule has 2 aromatic rings. The second kappa shape index (κ2) is 5.24. The van der Waals surface area contributed by atoms with Crippen LogP contribution in [0.2, 0.25) is 5.28 Å². The van der Waals surface area contributed by atoms with E-state index in [0.717, 1.165) is 4.73 Å². The Balaban J connectivity index is 1.92. The average Bonchev–Trinajstić information content (AvgIpc) is 2.94. The van der Waals surface area contributed by atoms with Crippen molar-refractivity contribution in [3.63, 3.8) is 0 Å². The van der Waals surface area contributed by atoms with E-state index in [2.05, 4.69) is 15.0 Å². The molecule has 4 atom stereocenters. The Morgan fingerprint density at radius 2 is 2.19 bits per heavy atom. The fraction of sp³-hybridized carbons (Fsp3) is 0.500. The lowest BCUT2D eigenvalue weighted by molar-refractivity contribution is -0.147. The van der Waals surface area contributed by atoms with Gasteiger partial charge in [-0.1, -0.05) is 0 Å². The highest BCUT2D eigenvalue weighted by atomic mass is 35.5. The Labute approximate surface area is 122 Å². The first-order chi connectivity index (χ1) is 10.0. The van der Waals surface area contributed by atoms with E-state index in [-0.39, 0.29) is 22.3 Å². The monoisotopic (exact) mass is 317 g/mol. The number of nitrogens with zero attached hydrogens (tertiary/aromatic N) is 4. The van der Waals surface area contributed by atoms with E-state index in [1.807, 2.05) is 0 Å². The number of fused-ring (bicyclic) bond motifs is 1. The number of hydrogen-bond donors (Lipinski definition) is 4. The Morgan fingerprint density at radius 1 is 1.43 bits per heavy atom. The summed E-state index contributed by atoms with van der Waals surface area (Å²) in [6, 6.07) is 0. The third-order valence-corrected chi connectivity index (χ3v) is 3.27. The lowest BCUT2D eigenvalue weighted by atomic mass is 10.1. The zero-order valence-corrected chi connectivity index (χ0v) is 11.3. The van der Waals surface area contributed by atoms with E-state index >= 15 is 0 Å². The minimum Gasteiger partial charge on any atom is -0.401 e. The highest BCUT2D eigenvalue weighted by molar-refractivity contribution is 6.28. The lowest BCUT2D eigenvalue weighted by Crippen LogP contribution is -2.42. The summed E-state index contributed by atoms with van der Waals surface area (Å²) in [5.74, 6) is 0.0316. The minimum atomic E-state index is -1.41. The molecule has 0 unspecified atom stereocenters. The molecule has 1 aliphatic rings. The van der Waals surface area contributed by atoms with Crippen LogP contribution in [-0.2, 0) is 4.74 Å². The minimum absolute atomic E-state index is 0.0316. The molecule has 0 radical (unpaired) electrons. The molecular formula is C10H12ClN5O5. The van der Waals surface area contributed by atoms with Crippen LogP contribution in [0.3, 0.4) is 0 Å². The summed E-state index contributed by atoms with van der Waals surface area (Å²) in [6.45, 7) is -0.455. The first kappa shape index (κ1) is 14.2. The molecule has 0 aliphatic carbocycles. The van der Waals surface area contributed by atoms with Crippen LogP contribution in [0.1, 0.15) is 0 Å². The first-order valence-corrected chi connectivity index (χ1v) is 6.34. The molecule has 2 aromatic heterocycles. The van der Waals surface area contributed by atoms with Crippen LogP contribution in [-0.4, -0.2) is 66.2 Å². The van der Waals surface area contributed by atoms with E-state index in [1.165, 1.54) is 6.33 Å². The second-order valence-corrected chi connectivity index (χ2v) is 4.77. The number of aromatic nitrogens is 4. The van der Waals surface area contributed by atoms with E-state index < -0.39 is 31.2 Å². The number of aliphatic hydroxyl groups excluding tert-OH is 3. The molecule has 0 bridgehead atoms. The molecule has 3 rings (SSSR count). The Kier molecular flexibility index (Phi) is 3.55. The predicted octanol–water partition coefficient (Wildman–Crippen LogP) is -2.07. The van der Waals surface area contributed by atoms with Gasteiger partial charge in [0.25, 0.3) is 0 Å². The summed E-state index contributed by atoms with van der Waals surface area (Å²) in [4.78, 5) is 17.0. The third kappa shape index (κ3) is 2.36. The van der Waals surface area contributed by atoms with Crippen LogP contribution >= 0.6 is 11.6 Å². The van der Waals surface area contributed by atoms with Crippen molar-refractivity contribution in [2.75, 3.05) is 12.3 Å². The molecule has 21 heavy (non-hydrogen) atoms. The zero-order chi connectivity index (χ0) is 15.1. The fourth-order valence-electron chi connectivity index (χ4n) is 2.09. The average molecular weight is 318 g/mol. The number of halogens is 1. The van der Waals surface area contributed by atoms with E-state index in [1.54, 1.807) is 0 Å². The number of nitrogens with two attached hydrogens (primary N) is 1. The number of rotatable bonds is 3. The highest BCUT2D eigenvalue weighted by Gasteiger charge is 2.45. The second-order valence-electron chi connectivity index (χ2n) is 4.43. The van der Waals surface area contributed by atoms with Crippen molar-refractivity contribution in [3.8, 4) is 0 Å². The summed E-state index contributed by atoms with van der Waals surface area (Å²) < 4.78 is 6.07. The van der Waals surface area contributed by atoms with E-state index in [4.69, 9.17) is 32.0 Å². The summed E-state index contributed by atoms with van der Waals surface area (Å²) in [5, 5.41) is 28.6. The summed E-state index contributed by atoms with van der Waals surface area (Å²) >= 11 is 5.67. The van der Waals surface area contributed by atoms with Crippen LogP contribution in [0.5, 0.6) is 0 Å². The molecule has 1 aliphatic heterocycles. The van der Waals surface area contributed by atoms with Gasteiger partial charge in [0.05, 0.1) is 6.61 Å². The highest BCUT2D eigenvalue weighted by Crippen LogP contribution is 2.23. The first-order valence-electron chi connectivity index (χ1n) is 5.97. The van der Waals surface area contributed by atoms with Crippen LogP contribution < -0.4 is 10.6 Å². The smallest absolute Gasteiger partial charge is 0.226 e. The van der Waals surface area contributed by atoms with Gasteiger partial charge in [0.15, 0.2) is 23.3 Å². The molecule has 11 heteroatoms. The van der Waals surface area contributed by atoms with Crippen molar-refractivity contribution >= 4 is 28.6 Å². The van der Waals surface area contributed by atoms with Crippen LogP contribution in [0.15, 0.2) is 6.33 Å². The van der Waals surface area contributed by atoms with Gasteiger partial charge >= 0.3 is 0 Å². The van der Waals surface area contributed by atoms with Crippen molar-refractivity contribution in [1.29, 1.82) is 0 Å². The van der Waals surface area contributed by atoms with Gasteiger partial charge < -0.3 is 30.6 Å². The normalized spacial score (nSPS) is 29.1. The molecule has 0 amide bonds. The molecule has 114 valence electrons. The molecule has 5 N–H and O–H groups in total. The number of nitrogen functional groups attached to an aromatic ring is 1. The number of ether oxygens (including phenoxy) is 1. The van der Waals surface area contributed by atoms with Gasteiger partial charge in [-0.25, -0.2) is 4.98 Å². The molecule has 1 saturated heterocycles. The van der Waals surface area contributed by atoms with Crippen molar-refractivity contribution in [1.82, 2.24) is 19.7 Å². The SMILES string of the molecule is Nc1nc(Cl)nc2ncn(O[C@H]3[C@H](O)[C@@H](CO)O[C@H]3O)c12. The molecule has 10 nitrogen and oxygen atoms in total. The summed E-state index contributed by atoms with van der Waals surface area (Å²) in [7, 11) is 0. The van der Waals surface area contributed by atoms with Gasteiger partial charge in [-0.3, -0.25) is 0 Å². The number of anilines is 1. The fourth-order valence-corrected chi connectivity index (χ4v) is 2.26. The van der Waals surface area contributed by atoms with Gasteiger partial charge in [0, 0.05) is 0 Å². The number of aliphatic hydroxyl groups is 3. The summed E-state index contributed by atoms with van der Waals surface area (Å²) in [6.07, 6.45) is -3.46. The van der Waals surface area contributed by atoms with E-state index in [0.29, 0.717) is 0 Å². The van der Waals surface area contributed by atoms with Gasteiger partial charge in [-0.05, 0) is 11.6 Å². The number of hydrogen-bond acceptors (Lipinski definition) is 9. The van der Waals surface area contributed by atoms with Gasteiger partial charge in [-0.2, -0.15) is 14.7 Å². The molecule has 0 saturated carbocycles. The maximum absolute atomic E-state index is 9.92.